The van der Waals surface area contributed by atoms with Crippen molar-refractivity contribution in [2.45, 2.75) is 75.1 Å². The number of benzene rings is 4. The van der Waals surface area contributed by atoms with Crippen molar-refractivity contribution in [2.75, 3.05) is 27.2 Å². The average Bonchev–Trinajstić information content (AvgIpc) is 3.98. The van der Waals surface area contributed by atoms with Gasteiger partial charge in [-0.25, -0.2) is 4.39 Å². The van der Waals surface area contributed by atoms with Gasteiger partial charge in [-0.3, -0.25) is 10.1 Å². The predicted molar refractivity (Wildman–Crippen MR) is 227 cm³/mol. The summed E-state index contributed by atoms with van der Waals surface area (Å²) < 4.78 is 65.1. The molecule has 3 fully saturated rings. The quantitative estimate of drug-likeness (QED) is 0.120. The number of hydrogen-bond donors (Lipinski definition) is 3. The topological polar surface area (TPSA) is 118 Å². The fourth-order valence-electron chi connectivity index (χ4n) is 7.92. The SMILES string of the molecule is CN1CC[C@]2(CC[C@H](c3ccc(OCc4ccccc4F)cc3)N2)C1=O.COc1ccc(-n2nnnc2C(F)(F)F)cc1CN[C@H]1CCCN[C@H]1c1ccccc1.Cl.Cl.Cl. The highest BCUT2D eigenvalue weighted by molar-refractivity contribution is 5.88. The van der Waals surface area contributed by atoms with Crippen LogP contribution in [0, 0.1) is 5.82 Å². The zero-order valence-corrected chi connectivity index (χ0v) is 35.5. The van der Waals surface area contributed by atoms with Gasteiger partial charge in [0.05, 0.1) is 12.8 Å². The van der Waals surface area contributed by atoms with E-state index >= 15 is 0 Å². The summed E-state index contributed by atoms with van der Waals surface area (Å²) >= 11 is 0. The van der Waals surface area contributed by atoms with Gasteiger partial charge in [-0.2, -0.15) is 17.9 Å². The van der Waals surface area contributed by atoms with Crippen molar-refractivity contribution in [1.82, 2.24) is 41.1 Å². The molecular weight excluding hydrogens is 847 g/mol. The fourth-order valence-corrected chi connectivity index (χ4v) is 7.92. The van der Waals surface area contributed by atoms with Gasteiger partial charge in [0, 0.05) is 49.4 Å². The van der Waals surface area contributed by atoms with E-state index in [9.17, 15) is 22.4 Å². The predicted octanol–water partition coefficient (Wildman–Crippen LogP) is 7.97. The van der Waals surface area contributed by atoms with Crippen LogP contribution in [0.15, 0.2) is 97.1 Å². The Bertz CT molecular complexity index is 2130. The van der Waals surface area contributed by atoms with Crippen LogP contribution in [0.25, 0.3) is 5.69 Å². The molecule has 5 aromatic rings. The van der Waals surface area contributed by atoms with E-state index in [0.717, 1.165) is 56.3 Å². The lowest BCUT2D eigenvalue weighted by atomic mass is 9.92. The first-order valence-corrected chi connectivity index (χ1v) is 19.1. The molecule has 1 amide bonds. The summed E-state index contributed by atoms with van der Waals surface area (Å²) in [6, 6.07) is 29.9. The molecule has 1 aromatic heterocycles. The molecule has 18 heteroatoms. The number of hydrogen-bond acceptors (Lipinski definition) is 9. The average molecular weight is 896 g/mol. The van der Waals surface area contributed by atoms with Crippen LogP contribution in [0.3, 0.4) is 0 Å². The molecule has 3 aliphatic rings. The number of nitrogens with zero attached hydrogens (tertiary/aromatic N) is 5. The summed E-state index contributed by atoms with van der Waals surface area (Å²) in [6.07, 6.45) is 0.0834. The molecule has 324 valence electrons. The lowest BCUT2D eigenvalue weighted by Crippen LogP contribution is -2.47. The Morgan fingerprint density at radius 2 is 1.63 bits per heavy atom. The molecule has 0 saturated carbocycles. The zero-order valence-electron chi connectivity index (χ0n) is 33.0. The number of methoxy groups -OCH3 is 1. The van der Waals surface area contributed by atoms with Crippen molar-refractivity contribution in [1.29, 1.82) is 0 Å². The van der Waals surface area contributed by atoms with E-state index in [1.54, 1.807) is 30.3 Å². The highest BCUT2D eigenvalue weighted by atomic mass is 35.5. The van der Waals surface area contributed by atoms with Gasteiger partial charge in [-0.05, 0) is 96.6 Å². The summed E-state index contributed by atoms with van der Waals surface area (Å²) in [5.41, 5.74) is 3.46. The Kier molecular flexibility index (Phi) is 17.1. The maximum atomic E-state index is 13.6. The van der Waals surface area contributed by atoms with Gasteiger partial charge in [-0.1, -0.05) is 60.7 Å². The Labute approximate surface area is 365 Å². The van der Waals surface area contributed by atoms with Crippen LogP contribution >= 0.6 is 37.2 Å². The van der Waals surface area contributed by atoms with Gasteiger partial charge in [-0.15, -0.1) is 42.3 Å². The Morgan fingerprint density at radius 3 is 2.32 bits per heavy atom. The number of halogens is 7. The van der Waals surface area contributed by atoms with Gasteiger partial charge in [0.1, 0.15) is 29.5 Å². The molecule has 11 nitrogen and oxygen atoms in total. The minimum atomic E-state index is -4.65. The van der Waals surface area contributed by atoms with Crippen molar-refractivity contribution < 1.29 is 31.8 Å². The standard InChI is InChI=1S/C21H23F3N6O.C21H23FN2O2.3ClH/c1-31-18-10-9-16(30-20(21(22,23)24)27-28-29-30)12-15(18)13-26-17-8-5-11-25-19(17)14-6-3-2-4-7-14;1-24-13-12-21(20(24)25)11-10-19(23-21)15-6-8-17(9-7-15)26-14-16-4-2-3-5-18(16)22;;;/h2-4,6-7,9-10,12,17,19,25-26H,5,8,11,13H2,1H3;2-9,19,23H,10-14H2,1H3;3*1H/t17-,19-;19-,21-;;;/m01.../s1. The van der Waals surface area contributed by atoms with Gasteiger partial charge < -0.3 is 25.0 Å². The third-order valence-corrected chi connectivity index (χ3v) is 11.0. The molecular formula is C42H49Cl3F4N8O3. The highest BCUT2D eigenvalue weighted by Crippen LogP contribution is 2.39. The Morgan fingerprint density at radius 1 is 0.900 bits per heavy atom. The molecule has 0 bridgehead atoms. The number of likely N-dealkylation sites (N-methyl/N-ethyl adjacent to an activating group) is 1. The lowest BCUT2D eigenvalue weighted by molar-refractivity contribution is -0.146. The maximum absolute atomic E-state index is 13.6. The Hall–Kier alpha value is -4.51. The summed E-state index contributed by atoms with van der Waals surface area (Å²) in [4.78, 5) is 14.2. The number of ether oxygens (including phenoxy) is 2. The molecule has 4 atom stereocenters. The largest absolute Gasteiger partial charge is 0.496 e. The van der Waals surface area contributed by atoms with Crippen molar-refractivity contribution in [3.63, 3.8) is 0 Å². The molecule has 4 heterocycles. The van der Waals surface area contributed by atoms with Crippen molar-refractivity contribution in [2.24, 2.45) is 0 Å². The minimum absolute atomic E-state index is 0. The molecule has 60 heavy (non-hydrogen) atoms. The summed E-state index contributed by atoms with van der Waals surface area (Å²) in [7, 11) is 3.40. The normalized spacial score (nSPS) is 20.9. The first-order valence-electron chi connectivity index (χ1n) is 19.1. The van der Waals surface area contributed by atoms with Gasteiger partial charge in [0.15, 0.2) is 0 Å². The third-order valence-electron chi connectivity index (χ3n) is 11.0. The number of alkyl halides is 3. The second kappa shape index (κ2) is 21.3. The van der Waals surface area contributed by atoms with Crippen LogP contribution in [0.2, 0.25) is 0 Å². The van der Waals surface area contributed by atoms with E-state index in [4.69, 9.17) is 9.47 Å². The van der Waals surface area contributed by atoms with Crippen molar-refractivity contribution in [3.05, 3.63) is 131 Å². The molecule has 3 aliphatic heterocycles. The maximum Gasteiger partial charge on any atom is 0.453 e. The molecule has 8 rings (SSSR count). The van der Waals surface area contributed by atoms with Crippen molar-refractivity contribution in [3.8, 4) is 17.2 Å². The monoisotopic (exact) mass is 894 g/mol. The molecule has 4 aromatic carbocycles. The van der Waals surface area contributed by atoms with Crippen LogP contribution < -0.4 is 25.4 Å². The molecule has 0 radical (unpaired) electrons. The van der Waals surface area contributed by atoms with Crippen LogP contribution in [0.4, 0.5) is 17.6 Å². The van der Waals surface area contributed by atoms with Gasteiger partial charge in [0.25, 0.3) is 5.82 Å². The molecule has 3 N–H and O–H groups in total. The highest BCUT2D eigenvalue weighted by Gasteiger charge is 2.50. The lowest BCUT2D eigenvalue weighted by Gasteiger charge is -2.34. The van der Waals surface area contributed by atoms with Crippen LogP contribution in [0.5, 0.6) is 11.5 Å². The fraction of sp³-hybridized carbons (Fsp3) is 0.381. The van der Waals surface area contributed by atoms with E-state index in [2.05, 4.69) is 43.6 Å². The van der Waals surface area contributed by atoms with Crippen molar-refractivity contribution >= 4 is 43.1 Å². The van der Waals surface area contributed by atoms with Gasteiger partial charge >= 0.3 is 6.18 Å². The van der Waals surface area contributed by atoms with E-state index < -0.39 is 12.0 Å². The number of aromatic nitrogens is 4. The van der Waals surface area contributed by atoms with Gasteiger partial charge in [0.2, 0.25) is 5.91 Å². The van der Waals surface area contributed by atoms with Crippen LogP contribution in [-0.4, -0.2) is 69.8 Å². The number of amides is 1. The first-order chi connectivity index (χ1) is 27.5. The molecule has 1 spiro atoms. The summed E-state index contributed by atoms with van der Waals surface area (Å²) in [5.74, 6) is 0.0807. The van der Waals surface area contributed by atoms with E-state index in [0.29, 0.717) is 28.3 Å². The molecule has 3 saturated heterocycles. The van der Waals surface area contributed by atoms with Crippen LogP contribution in [0.1, 0.15) is 72.3 Å². The van der Waals surface area contributed by atoms with E-state index in [-0.39, 0.29) is 84.9 Å². The molecule has 0 unspecified atom stereocenters. The third kappa shape index (κ3) is 11.0. The number of nitrogens with one attached hydrogen (secondary N) is 3. The number of rotatable bonds is 10. The number of piperidine rings is 1. The summed E-state index contributed by atoms with van der Waals surface area (Å²) in [5, 5.41) is 20.5. The van der Waals surface area contributed by atoms with Crippen LogP contribution in [-0.2, 0) is 24.1 Å². The smallest absolute Gasteiger partial charge is 0.453 e. The second-order valence-corrected chi connectivity index (χ2v) is 14.6. The first kappa shape index (κ1) is 48.2. The zero-order chi connectivity index (χ0) is 40.0. The summed E-state index contributed by atoms with van der Waals surface area (Å²) in [6.45, 7) is 2.39. The second-order valence-electron chi connectivity index (χ2n) is 14.6. The minimum Gasteiger partial charge on any atom is -0.496 e. The Balaban J connectivity index is 0.000000255. The number of carbonyl (C=O) groups is 1. The number of likely N-dealkylation sites (tertiary alicyclic amines) is 1. The molecule has 0 aliphatic carbocycles. The van der Waals surface area contributed by atoms with E-state index in [1.165, 1.54) is 24.8 Å². The van der Waals surface area contributed by atoms with E-state index in [1.807, 2.05) is 54.4 Å². The number of tetrazole rings is 1. The number of carbonyl (C=O) groups excluding carboxylic acids is 1.